The van der Waals surface area contributed by atoms with Crippen LogP contribution in [0.1, 0.15) is 54.1 Å². The Kier molecular flexibility index (Phi) is 13.5. The van der Waals surface area contributed by atoms with Crippen LogP contribution in [0.15, 0.2) is 41.4 Å². The average Bonchev–Trinajstić information content (AvgIpc) is 3.33. The highest BCUT2D eigenvalue weighted by Gasteiger charge is 2.24. The summed E-state index contributed by atoms with van der Waals surface area (Å²) in [6.45, 7) is 9.47. The van der Waals surface area contributed by atoms with E-state index in [1.807, 2.05) is 31.3 Å². The first-order valence-electron chi connectivity index (χ1n) is 13.6. The minimum absolute atomic E-state index is 0.200. The number of ether oxygens (including phenoxy) is 1. The number of halogens is 1. The monoisotopic (exact) mass is 560 g/mol. The van der Waals surface area contributed by atoms with Gasteiger partial charge in [0.25, 0.3) is 0 Å². The number of nitrogen functional groups attached to an aromatic ring is 1. The number of anilines is 1. The standard InChI is InChI=1S/C18H19BFN2O.C12H18N2O.CH3NO/c1-11-7-13(3-4-16(11)20)18-17-15(12(2)9-19-17)8-14(22-18)5-6-21-10-23;1-4-5-14-8-10-6-9(2)7-11(15-3)12(10)13;2-1-3/h3-4,7-8,10,12H,5-6,9H2,1-2H3,(H,21,23);6-8H,4-5,13H2,1-3H3;1H,(H2,2,3). The highest BCUT2D eigenvalue weighted by Crippen LogP contribution is 2.29. The predicted molar refractivity (Wildman–Crippen MR) is 166 cm³/mol. The Labute approximate surface area is 243 Å². The van der Waals surface area contributed by atoms with E-state index in [4.69, 9.17) is 20.2 Å². The molecule has 0 spiro atoms. The number of aliphatic imine (C=N–C) groups is 1. The molecule has 0 saturated carbocycles. The maximum atomic E-state index is 13.6. The molecule has 0 aliphatic carbocycles. The lowest BCUT2D eigenvalue weighted by molar-refractivity contribution is -0.109. The van der Waals surface area contributed by atoms with E-state index in [9.17, 15) is 9.18 Å². The lowest BCUT2D eigenvalue weighted by Crippen LogP contribution is -2.20. The van der Waals surface area contributed by atoms with E-state index in [-0.39, 0.29) is 12.2 Å². The molecule has 1 aliphatic heterocycles. The van der Waals surface area contributed by atoms with Gasteiger partial charge in [0.1, 0.15) is 11.6 Å². The number of pyridine rings is 1. The topological polar surface area (TPSA) is 133 Å². The lowest BCUT2D eigenvalue weighted by Gasteiger charge is -2.14. The number of amides is 2. The molecule has 1 atom stereocenters. The van der Waals surface area contributed by atoms with Crippen LogP contribution < -0.4 is 27.0 Å². The second-order valence-corrected chi connectivity index (χ2v) is 9.73. The number of carbonyl (C=O) groups is 2. The molecule has 2 heterocycles. The van der Waals surface area contributed by atoms with Crippen molar-refractivity contribution in [3.05, 3.63) is 70.2 Å². The number of carbonyl (C=O) groups excluding carboxylic acids is 2. The Morgan fingerprint density at radius 2 is 1.95 bits per heavy atom. The van der Waals surface area contributed by atoms with Gasteiger partial charge in [0.05, 0.1) is 18.5 Å². The fourth-order valence-electron chi connectivity index (χ4n) is 4.43. The molecule has 4 rings (SSSR count). The number of hydrogen-bond donors (Lipinski definition) is 3. The molecule has 8 nitrogen and oxygen atoms in total. The van der Waals surface area contributed by atoms with Crippen molar-refractivity contribution in [3.63, 3.8) is 0 Å². The number of nitrogens with one attached hydrogen (secondary N) is 1. The summed E-state index contributed by atoms with van der Waals surface area (Å²) in [5, 5.41) is 2.67. The van der Waals surface area contributed by atoms with Gasteiger partial charge in [-0.3, -0.25) is 19.6 Å². The summed E-state index contributed by atoms with van der Waals surface area (Å²) >= 11 is 0. The van der Waals surface area contributed by atoms with E-state index in [1.165, 1.54) is 11.6 Å². The van der Waals surface area contributed by atoms with Gasteiger partial charge in [0.2, 0.25) is 12.8 Å². The van der Waals surface area contributed by atoms with Gasteiger partial charge >= 0.3 is 0 Å². The largest absolute Gasteiger partial charge is 0.495 e. The number of aromatic nitrogens is 1. The summed E-state index contributed by atoms with van der Waals surface area (Å²) in [4.78, 5) is 28.1. The Morgan fingerprint density at radius 3 is 2.59 bits per heavy atom. The minimum Gasteiger partial charge on any atom is -0.495 e. The van der Waals surface area contributed by atoms with Crippen molar-refractivity contribution in [1.29, 1.82) is 0 Å². The quantitative estimate of drug-likeness (QED) is 0.120. The maximum absolute atomic E-state index is 13.6. The Bertz CT molecular complexity index is 1350. The van der Waals surface area contributed by atoms with Crippen LogP contribution in [0.3, 0.4) is 0 Å². The number of methoxy groups -OCH3 is 1. The van der Waals surface area contributed by atoms with Crippen molar-refractivity contribution in [2.75, 3.05) is 25.9 Å². The Balaban J connectivity index is 0.000000283. The van der Waals surface area contributed by atoms with Crippen LogP contribution >= 0.6 is 0 Å². The van der Waals surface area contributed by atoms with Crippen LogP contribution in [0, 0.1) is 19.7 Å². The molecule has 0 bridgehead atoms. The molecule has 3 aromatic rings. The van der Waals surface area contributed by atoms with Crippen molar-refractivity contribution in [1.82, 2.24) is 10.3 Å². The summed E-state index contributed by atoms with van der Waals surface area (Å²) in [7, 11) is 3.84. The molecule has 5 N–H and O–H groups in total. The minimum atomic E-state index is -0.200. The summed E-state index contributed by atoms with van der Waals surface area (Å²) in [5.74, 6) is 0.980. The number of nitrogens with zero attached hydrogens (tertiary/aromatic N) is 2. The van der Waals surface area contributed by atoms with Crippen molar-refractivity contribution in [2.45, 2.75) is 52.8 Å². The molecule has 41 heavy (non-hydrogen) atoms. The third-order valence-electron chi connectivity index (χ3n) is 6.51. The number of rotatable bonds is 9. The highest BCUT2D eigenvalue weighted by atomic mass is 19.1. The number of nitrogens with two attached hydrogens (primary N) is 2. The van der Waals surface area contributed by atoms with Crippen LogP contribution in [0.5, 0.6) is 5.75 Å². The molecule has 1 aromatic heterocycles. The lowest BCUT2D eigenvalue weighted by atomic mass is 9.70. The molecule has 0 fully saturated rings. The molecular weight excluding hydrogens is 520 g/mol. The molecule has 1 unspecified atom stereocenters. The van der Waals surface area contributed by atoms with Gasteiger partial charge in [0.15, 0.2) is 7.28 Å². The third-order valence-corrected chi connectivity index (χ3v) is 6.51. The average molecular weight is 561 g/mol. The van der Waals surface area contributed by atoms with Crippen LogP contribution in [0.25, 0.3) is 11.3 Å². The smallest absolute Gasteiger partial charge is 0.207 e. The fourth-order valence-corrected chi connectivity index (χ4v) is 4.43. The van der Waals surface area contributed by atoms with Gasteiger partial charge in [-0.2, -0.15) is 0 Å². The van der Waals surface area contributed by atoms with Gasteiger partial charge in [-0.1, -0.05) is 25.6 Å². The number of fused-ring (bicyclic) bond motifs is 1. The van der Waals surface area contributed by atoms with Gasteiger partial charge in [0, 0.05) is 42.5 Å². The first-order valence-corrected chi connectivity index (χ1v) is 13.6. The first-order chi connectivity index (χ1) is 19.7. The van der Waals surface area contributed by atoms with Crippen molar-refractivity contribution in [3.8, 4) is 17.0 Å². The van der Waals surface area contributed by atoms with Gasteiger partial charge in [-0.25, -0.2) is 4.39 Å². The number of aryl methyl sites for hydroxylation is 2. The van der Waals surface area contributed by atoms with Crippen molar-refractivity contribution >= 4 is 37.5 Å². The predicted octanol–water partition coefficient (Wildman–Crippen LogP) is 3.87. The van der Waals surface area contributed by atoms with E-state index >= 15 is 0 Å². The van der Waals surface area contributed by atoms with Gasteiger partial charge in [-0.05, 0) is 79.3 Å². The van der Waals surface area contributed by atoms with E-state index in [0.29, 0.717) is 42.3 Å². The van der Waals surface area contributed by atoms with Gasteiger partial charge in [-0.15, -0.1) is 0 Å². The highest BCUT2D eigenvalue weighted by molar-refractivity contribution is 6.58. The second kappa shape index (κ2) is 16.8. The normalized spacial score (nSPS) is 13.2. The Morgan fingerprint density at radius 1 is 1.22 bits per heavy atom. The first kappa shape index (κ1) is 33.0. The molecule has 2 amide bonds. The maximum Gasteiger partial charge on any atom is 0.207 e. The fraction of sp³-hybridized carbons (Fsp3) is 0.355. The molecule has 2 aromatic carbocycles. The summed E-state index contributed by atoms with van der Waals surface area (Å²) in [6, 6.07) is 11.2. The number of hydrogen-bond acceptors (Lipinski definition) is 6. The zero-order valence-corrected chi connectivity index (χ0v) is 24.5. The Hall–Kier alpha value is -4.21. The zero-order chi connectivity index (χ0) is 30.4. The van der Waals surface area contributed by atoms with Crippen LogP contribution in [0.2, 0.25) is 6.32 Å². The number of benzene rings is 2. The third kappa shape index (κ3) is 9.44. The SMILES string of the molecule is CCCN=Cc1cc(C)cc(OC)c1N.Cc1cc(-c2nc(CCNC=O)cc3c2[B]CC3C)ccc1F.NC=O. The molecule has 1 aliphatic rings. The molecule has 0 saturated heterocycles. The van der Waals surface area contributed by atoms with Crippen LogP contribution in [-0.4, -0.2) is 51.5 Å². The second-order valence-electron chi connectivity index (χ2n) is 9.73. The van der Waals surface area contributed by atoms with Crippen molar-refractivity contribution in [2.24, 2.45) is 10.7 Å². The molecule has 1 radical (unpaired) electrons. The van der Waals surface area contributed by atoms with Crippen molar-refractivity contribution < 1.29 is 18.7 Å². The van der Waals surface area contributed by atoms with E-state index < -0.39 is 0 Å². The van der Waals surface area contributed by atoms with E-state index in [1.54, 1.807) is 20.1 Å². The zero-order valence-electron chi connectivity index (χ0n) is 24.5. The van der Waals surface area contributed by atoms with E-state index in [2.05, 4.69) is 43.2 Å². The summed E-state index contributed by atoms with van der Waals surface area (Å²) in [6.07, 6.45) is 5.49. The molecule has 217 valence electrons. The summed E-state index contributed by atoms with van der Waals surface area (Å²) < 4.78 is 18.8. The number of primary amides is 1. The van der Waals surface area contributed by atoms with Crippen LogP contribution in [0.4, 0.5) is 10.1 Å². The van der Waals surface area contributed by atoms with Crippen LogP contribution in [-0.2, 0) is 16.0 Å². The summed E-state index contributed by atoms with van der Waals surface area (Å²) in [5.41, 5.74) is 18.7. The molecular formula is C31H40BFN5O3. The molecule has 10 heteroatoms. The van der Waals surface area contributed by atoms with E-state index in [0.717, 1.165) is 52.8 Å². The van der Waals surface area contributed by atoms with Gasteiger partial charge < -0.3 is 21.5 Å².